The molecule has 0 amide bonds. The normalized spacial score (nSPS) is 11.6. The van der Waals surface area contributed by atoms with Crippen molar-refractivity contribution in [3.8, 4) is 22.5 Å². The van der Waals surface area contributed by atoms with Crippen LogP contribution in [0.15, 0.2) is 77.2 Å². The van der Waals surface area contributed by atoms with Gasteiger partial charge in [-0.15, -0.1) is 0 Å². The topological polar surface area (TPSA) is 91.7 Å². The average Bonchev–Trinajstić information content (AvgIpc) is 3.00. The number of anilines is 1. The minimum absolute atomic E-state index is 0.0677. The average molecular weight is 578 g/mol. The number of ether oxygens (including phenoxy) is 2. The zero-order chi connectivity index (χ0) is 30.5. The number of hydrogen-bond donors (Lipinski definition) is 2. The molecule has 1 aliphatic carbocycles. The molecule has 0 radical (unpaired) electrons. The van der Waals surface area contributed by atoms with Crippen molar-refractivity contribution in [2.24, 2.45) is 0 Å². The van der Waals surface area contributed by atoms with E-state index in [1.54, 1.807) is 37.3 Å². The lowest BCUT2D eigenvalue weighted by atomic mass is 9.89. The van der Waals surface area contributed by atoms with Gasteiger partial charge in [-0.25, -0.2) is 14.6 Å². The summed E-state index contributed by atoms with van der Waals surface area (Å²) in [7, 11) is 0. The number of benzene rings is 4. The van der Waals surface area contributed by atoms with E-state index in [0.29, 0.717) is 17.7 Å². The third kappa shape index (κ3) is 6.16. The molecule has 0 unspecified atom stereocenters. The Morgan fingerprint density at radius 2 is 1.60 bits per heavy atom. The molecule has 3 aromatic rings. The number of rotatable bonds is 9. The van der Waals surface area contributed by atoms with Gasteiger partial charge in [-0.2, -0.15) is 0 Å². The fourth-order valence-electron chi connectivity index (χ4n) is 5.31. The van der Waals surface area contributed by atoms with Crippen LogP contribution in [0.25, 0.3) is 33.4 Å². The lowest BCUT2D eigenvalue weighted by molar-refractivity contribution is -0.496. The van der Waals surface area contributed by atoms with Crippen LogP contribution >= 0.6 is 0 Å². The Balaban J connectivity index is 1.60. The van der Waals surface area contributed by atoms with Crippen LogP contribution in [0, 0.1) is 13.8 Å². The highest BCUT2D eigenvalue weighted by Gasteiger charge is 2.24. The van der Waals surface area contributed by atoms with Gasteiger partial charge in [0.2, 0.25) is 5.36 Å². The van der Waals surface area contributed by atoms with Gasteiger partial charge in [0.1, 0.15) is 24.5 Å². The second kappa shape index (κ2) is 12.9. The van der Waals surface area contributed by atoms with Crippen molar-refractivity contribution in [3.05, 3.63) is 106 Å². The minimum atomic E-state index is -0.436. The third-order valence-electron chi connectivity index (χ3n) is 7.40. The first-order valence-electron chi connectivity index (χ1n) is 14.7. The predicted molar refractivity (Wildman–Crippen MR) is 168 cm³/mol. The fraction of sp³-hybridized carbons (Fsp3) is 0.250. The number of nitrogens with one attached hydrogen (secondary N) is 2. The Bertz CT molecular complexity index is 1840. The molecule has 3 aromatic carbocycles. The zero-order valence-corrected chi connectivity index (χ0v) is 25.3. The van der Waals surface area contributed by atoms with Gasteiger partial charge in [0.05, 0.1) is 23.8 Å². The summed E-state index contributed by atoms with van der Waals surface area (Å²) in [6.07, 6.45) is 0. The highest BCUT2D eigenvalue weighted by atomic mass is 16.5. The smallest absolute Gasteiger partial charge is 0.339 e. The number of carbonyl (C=O) groups excluding carboxylic acids is 2. The van der Waals surface area contributed by atoms with Crippen LogP contribution in [0.5, 0.6) is 0 Å². The second-order valence-corrected chi connectivity index (χ2v) is 10.4. The van der Waals surface area contributed by atoms with E-state index in [9.17, 15) is 9.59 Å². The monoisotopic (exact) mass is 577 g/mol. The Morgan fingerprint density at radius 1 is 0.837 bits per heavy atom. The van der Waals surface area contributed by atoms with E-state index in [1.165, 1.54) is 0 Å². The van der Waals surface area contributed by atoms with E-state index in [-0.39, 0.29) is 12.6 Å². The molecule has 5 rings (SSSR count). The molecule has 0 fully saturated rings. The van der Waals surface area contributed by atoms with Crippen LogP contribution in [-0.4, -0.2) is 31.6 Å². The molecule has 43 heavy (non-hydrogen) atoms. The molecular formula is C36H37N2O5+. The molecule has 2 aliphatic rings. The van der Waals surface area contributed by atoms with Crippen molar-refractivity contribution in [2.45, 2.75) is 41.2 Å². The summed E-state index contributed by atoms with van der Waals surface area (Å²) in [5, 5.41) is 5.34. The molecule has 0 atom stereocenters. The van der Waals surface area contributed by atoms with Crippen LogP contribution in [0.3, 0.4) is 0 Å². The molecule has 1 aliphatic heterocycles. The van der Waals surface area contributed by atoms with Crippen molar-refractivity contribution in [1.82, 2.24) is 0 Å². The van der Waals surface area contributed by atoms with Gasteiger partial charge in [0, 0.05) is 40.4 Å². The Kier molecular flexibility index (Phi) is 8.90. The van der Waals surface area contributed by atoms with Crippen molar-refractivity contribution in [2.75, 3.05) is 25.0 Å². The SMILES string of the molecule is CCNc1cc2oc3cc(=[NH+]CC)c(C)cc-3c(-c3ccccc3C(=O)OCc3ccc(C(=O)OCC)cc3)c2cc1C. The number of esters is 2. The van der Waals surface area contributed by atoms with E-state index in [2.05, 4.69) is 50.1 Å². The number of fused-ring (bicyclic) bond motifs is 2. The van der Waals surface area contributed by atoms with Gasteiger partial charge >= 0.3 is 11.9 Å². The maximum Gasteiger partial charge on any atom is 0.339 e. The Morgan fingerprint density at radius 3 is 2.33 bits per heavy atom. The van der Waals surface area contributed by atoms with Crippen LogP contribution in [0.1, 0.15) is 58.2 Å². The van der Waals surface area contributed by atoms with Gasteiger partial charge in [-0.05, 0) is 81.6 Å². The summed E-state index contributed by atoms with van der Waals surface area (Å²) in [5.41, 5.74) is 8.17. The predicted octanol–water partition coefficient (Wildman–Crippen LogP) is 5.79. The summed E-state index contributed by atoms with van der Waals surface area (Å²) in [5.74, 6) is -0.0935. The number of carbonyl (C=O) groups is 2. The summed E-state index contributed by atoms with van der Waals surface area (Å²) in [6, 6.07) is 22.7. The van der Waals surface area contributed by atoms with E-state index >= 15 is 0 Å². The molecule has 0 spiro atoms. The van der Waals surface area contributed by atoms with E-state index in [4.69, 9.17) is 13.9 Å². The van der Waals surface area contributed by atoms with Crippen molar-refractivity contribution in [3.63, 3.8) is 0 Å². The summed E-state index contributed by atoms with van der Waals surface area (Å²) in [4.78, 5) is 29.0. The maximum absolute atomic E-state index is 13.6. The fourth-order valence-corrected chi connectivity index (χ4v) is 5.31. The summed E-state index contributed by atoms with van der Waals surface area (Å²) >= 11 is 0. The minimum Gasteiger partial charge on any atom is -0.462 e. The first-order chi connectivity index (χ1) is 20.8. The standard InChI is InChI=1S/C36H36N2O5/c1-6-37-30-19-32-28(17-22(30)4)34(29-18-23(5)31(38-7-2)20-33(29)43-32)26-11-9-10-12-27(26)36(40)42-21-24-13-15-25(16-14-24)35(39)41-8-3/h9-20,37H,6-8,21H2,1-5H3/p+1. The molecule has 0 bridgehead atoms. The van der Waals surface area contributed by atoms with Crippen LogP contribution in [0.2, 0.25) is 0 Å². The van der Waals surface area contributed by atoms with Crippen molar-refractivity contribution < 1.29 is 28.5 Å². The highest BCUT2D eigenvalue weighted by molar-refractivity contribution is 6.08. The molecule has 0 aromatic heterocycles. The Labute approximate surface area is 251 Å². The first kappa shape index (κ1) is 29.6. The van der Waals surface area contributed by atoms with E-state index in [0.717, 1.165) is 74.2 Å². The molecule has 2 N–H and O–H groups in total. The van der Waals surface area contributed by atoms with Crippen molar-refractivity contribution >= 4 is 28.6 Å². The van der Waals surface area contributed by atoms with Gasteiger partial charge in [-0.1, -0.05) is 30.3 Å². The van der Waals surface area contributed by atoms with Gasteiger partial charge in [0.15, 0.2) is 0 Å². The number of hydrogen-bond acceptors (Lipinski definition) is 6. The molecular weight excluding hydrogens is 540 g/mol. The van der Waals surface area contributed by atoms with Crippen LogP contribution < -0.4 is 15.7 Å². The molecule has 7 heteroatoms. The van der Waals surface area contributed by atoms with Gasteiger partial charge in [0.25, 0.3) is 0 Å². The highest BCUT2D eigenvalue weighted by Crippen LogP contribution is 2.43. The quantitative estimate of drug-likeness (QED) is 0.170. The molecule has 0 saturated heterocycles. The molecule has 7 nitrogen and oxygen atoms in total. The van der Waals surface area contributed by atoms with Crippen LogP contribution in [0.4, 0.5) is 5.69 Å². The first-order valence-corrected chi connectivity index (χ1v) is 14.7. The third-order valence-corrected chi connectivity index (χ3v) is 7.40. The molecule has 0 saturated carbocycles. The van der Waals surface area contributed by atoms with Crippen LogP contribution in [-0.2, 0) is 16.1 Å². The maximum atomic E-state index is 13.6. The lowest BCUT2D eigenvalue weighted by Gasteiger charge is -2.19. The second-order valence-electron chi connectivity index (χ2n) is 10.4. The largest absolute Gasteiger partial charge is 0.462 e. The number of aryl methyl sites for hydroxylation is 2. The van der Waals surface area contributed by atoms with E-state index < -0.39 is 5.97 Å². The van der Waals surface area contributed by atoms with E-state index in [1.807, 2.05) is 30.3 Å². The van der Waals surface area contributed by atoms with Crippen molar-refractivity contribution in [1.29, 1.82) is 0 Å². The molecule has 220 valence electrons. The summed E-state index contributed by atoms with van der Waals surface area (Å²) < 4.78 is 17.4. The van der Waals surface area contributed by atoms with Gasteiger partial charge in [-0.3, -0.25) is 0 Å². The van der Waals surface area contributed by atoms with Gasteiger partial charge < -0.3 is 19.2 Å². The lowest BCUT2D eigenvalue weighted by Crippen LogP contribution is -2.76. The zero-order valence-electron chi connectivity index (χ0n) is 25.3. The molecule has 1 heterocycles. The summed E-state index contributed by atoms with van der Waals surface area (Å²) in [6.45, 7) is 12.0. The Hall–Kier alpha value is -4.91.